The third-order valence-corrected chi connectivity index (χ3v) is 3.27. The van der Waals surface area contributed by atoms with Gasteiger partial charge in [-0.1, -0.05) is 17.7 Å². The molecule has 0 radical (unpaired) electrons. The van der Waals surface area contributed by atoms with Gasteiger partial charge in [0.2, 0.25) is 0 Å². The Kier molecular flexibility index (Phi) is 4.16. The van der Waals surface area contributed by atoms with Gasteiger partial charge in [0.1, 0.15) is 6.04 Å². The number of rotatable bonds is 3. The molecule has 2 N–H and O–H groups in total. The molecule has 1 saturated heterocycles. The van der Waals surface area contributed by atoms with Gasteiger partial charge in [-0.05, 0) is 25.5 Å². The maximum Gasteiger partial charge on any atom is 0.322 e. The smallest absolute Gasteiger partial charge is 0.322 e. The van der Waals surface area contributed by atoms with Gasteiger partial charge in [-0.15, -0.1) is 0 Å². The molecule has 5 heteroatoms. The van der Waals surface area contributed by atoms with Gasteiger partial charge in [-0.3, -0.25) is 9.59 Å². The lowest BCUT2D eigenvalue weighted by Crippen LogP contribution is -2.36. The highest BCUT2D eigenvalue weighted by Crippen LogP contribution is 2.10. The minimum atomic E-state index is -0.326. The van der Waals surface area contributed by atoms with Gasteiger partial charge in [0, 0.05) is 18.2 Å². The first kappa shape index (κ1) is 13.5. The standard InChI is InChI=1S/C14H18N2O3/c1-9-3-5-10(6-4-9)13(17)16-11-7-12(15-8-11)14(18)19-2/h3-6,11-12,15H,7-8H2,1-2H3,(H,16,17)/t11-,12+/m0/s1. The van der Waals surface area contributed by atoms with Crippen LogP contribution in [0.15, 0.2) is 24.3 Å². The molecule has 19 heavy (non-hydrogen) atoms. The molecule has 1 amide bonds. The van der Waals surface area contributed by atoms with Crippen molar-refractivity contribution in [2.24, 2.45) is 0 Å². The van der Waals surface area contributed by atoms with E-state index in [0.717, 1.165) is 5.56 Å². The molecular formula is C14H18N2O3. The summed E-state index contributed by atoms with van der Waals surface area (Å²) in [6.45, 7) is 2.56. The lowest BCUT2D eigenvalue weighted by atomic mass is 10.1. The topological polar surface area (TPSA) is 67.4 Å². The van der Waals surface area contributed by atoms with Crippen molar-refractivity contribution in [3.8, 4) is 0 Å². The van der Waals surface area contributed by atoms with E-state index in [2.05, 4.69) is 15.4 Å². The lowest BCUT2D eigenvalue weighted by molar-refractivity contribution is -0.142. The maximum atomic E-state index is 12.0. The molecule has 1 fully saturated rings. The molecular weight excluding hydrogens is 244 g/mol. The Balaban J connectivity index is 1.90. The Labute approximate surface area is 112 Å². The highest BCUT2D eigenvalue weighted by Gasteiger charge is 2.30. The van der Waals surface area contributed by atoms with E-state index in [0.29, 0.717) is 18.5 Å². The minimum Gasteiger partial charge on any atom is -0.468 e. The molecule has 0 saturated carbocycles. The molecule has 1 aromatic rings. The number of esters is 1. The van der Waals surface area contributed by atoms with E-state index in [9.17, 15) is 9.59 Å². The number of nitrogens with one attached hydrogen (secondary N) is 2. The molecule has 1 aromatic carbocycles. The molecule has 1 heterocycles. The van der Waals surface area contributed by atoms with Crippen LogP contribution in [-0.4, -0.2) is 37.6 Å². The number of carbonyl (C=O) groups excluding carboxylic acids is 2. The quantitative estimate of drug-likeness (QED) is 0.784. The largest absolute Gasteiger partial charge is 0.468 e. The second-order valence-electron chi connectivity index (χ2n) is 4.76. The Morgan fingerprint density at radius 3 is 2.63 bits per heavy atom. The second kappa shape index (κ2) is 5.84. The zero-order chi connectivity index (χ0) is 13.8. The predicted octanol–water partition coefficient (Wildman–Crippen LogP) is 0.628. The monoisotopic (exact) mass is 262 g/mol. The van der Waals surface area contributed by atoms with Crippen LogP contribution in [0.25, 0.3) is 0 Å². The van der Waals surface area contributed by atoms with Crippen molar-refractivity contribution in [2.45, 2.75) is 25.4 Å². The van der Waals surface area contributed by atoms with E-state index < -0.39 is 0 Å². The van der Waals surface area contributed by atoms with E-state index >= 15 is 0 Å². The third-order valence-electron chi connectivity index (χ3n) is 3.27. The van der Waals surface area contributed by atoms with Crippen LogP contribution >= 0.6 is 0 Å². The summed E-state index contributed by atoms with van der Waals surface area (Å²) in [6.07, 6.45) is 0.560. The van der Waals surface area contributed by atoms with Gasteiger partial charge in [0.05, 0.1) is 7.11 Å². The number of amides is 1. The summed E-state index contributed by atoms with van der Waals surface area (Å²) in [5, 5.41) is 5.95. The number of methoxy groups -OCH3 is 1. The minimum absolute atomic E-state index is 0.0436. The molecule has 1 aliphatic rings. The van der Waals surface area contributed by atoms with E-state index in [1.807, 2.05) is 19.1 Å². The highest BCUT2D eigenvalue weighted by atomic mass is 16.5. The van der Waals surface area contributed by atoms with Gasteiger partial charge >= 0.3 is 5.97 Å². The van der Waals surface area contributed by atoms with Gasteiger partial charge in [0.25, 0.3) is 5.91 Å². The van der Waals surface area contributed by atoms with E-state index in [1.165, 1.54) is 7.11 Å². The number of benzene rings is 1. The fraction of sp³-hybridized carbons (Fsp3) is 0.429. The van der Waals surface area contributed by atoms with Crippen molar-refractivity contribution in [3.63, 3.8) is 0 Å². The summed E-state index contributed by atoms with van der Waals surface area (Å²) in [7, 11) is 1.36. The first-order valence-corrected chi connectivity index (χ1v) is 6.29. The normalized spacial score (nSPS) is 22.0. The Hall–Kier alpha value is -1.88. The second-order valence-corrected chi connectivity index (χ2v) is 4.76. The number of hydrogen-bond donors (Lipinski definition) is 2. The Morgan fingerprint density at radius 1 is 1.32 bits per heavy atom. The van der Waals surface area contributed by atoms with Crippen LogP contribution in [0, 0.1) is 6.92 Å². The Morgan fingerprint density at radius 2 is 2.00 bits per heavy atom. The summed E-state index contributed by atoms with van der Waals surface area (Å²) in [5.41, 5.74) is 1.75. The molecule has 2 atom stereocenters. The molecule has 5 nitrogen and oxygen atoms in total. The van der Waals surface area contributed by atoms with Gasteiger partial charge in [-0.2, -0.15) is 0 Å². The number of hydrogen-bond acceptors (Lipinski definition) is 4. The van der Waals surface area contributed by atoms with Crippen molar-refractivity contribution in [2.75, 3.05) is 13.7 Å². The molecule has 102 valence electrons. The average Bonchev–Trinajstić information content (AvgIpc) is 2.87. The third kappa shape index (κ3) is 3.32. The predicted molar refractivity (Wildman–Crippen MR) is 70.9 cm³/mol. The molecule has 0 bridgehead atoms. The molecule has 0 aliphatic carbocycles. The van der Waals surface area contributed by atoms with Crippen LogP contribution in [0.3, 0.4) is 0 Å². The summed E-state index contributed by atoms with van der Waals surface area (Å²) in [4.78, 5) is 23.4. The van der Waals surface area contributed by atoms with E-state index in [1.54, 1.807) is 12.1 Å². The van der Waals surface area contributed by atoms with Crippen LogP contribution < -0.4 is 10.6 Å². The van der Waals surface area contributed by atoms with Crippen molar-refractivity contribution < 1.29 is 14.3 Å². The first-order chi connectivity index (χ1) is 9.10. The highest BCUT2D eigenvalue weighted by molar-refractivity contribution is 5.94. The van der Waals surface area contributed by atoms with Gasteiger partial charge in [0.15, 0.2) is 0 Å². The molecule has 0 spiro atoms. The van der Waals surface area contributed by atoms with Crippen molar-refractivity contribution >= 4 is 11.9 Å². The SMILES string of the molecule is COC(=O)[C@H]1C[C@H](NC(=O)c2ccc(C)cc2)CN1. The van der Waals surface area contributed by atoms with Crippen molar-refractivity contribution in [1.82, 2.24) is 10.6 Å². The fourth-order valence-electron chi connectivity index (χ4n) is 2.14. The van der Waals surface area contributed by atoms with Gasteiger partial charge < -0.3 is 15.4 Å². The van der Waals surface area contributed by atoms with Crippen LogP contribution in [-0.2, 0) is 9.53 Å². The van der Waals surface area contributed by atoms with Crippen molar-refractivity contribution in [3.05, 3.63) is 35.4 Å². The number of carbonyl (C=O) groups is 2. The first-order valence-electron chi connectivity index (χ1n) is 6.29. The number of ether oxygens (including phenoxy) is 1. The van der Waals surface area contributed by atoms with Crippen molar-refractivity contribution in [1.29, 1.82) is 0 Å². The molecule has 1 aliphatic heterocycles. The van der Waals surface area contributed by atoms with Crippen LogP contribution in [0.4, 0.5) is 0 Å². The maximum absolute atomic E-state index is 12.0. The molecule has 0 aromatic heterocycles. The summed E-state index contributed by atoms with van der Waals surface area (Å²) in [5.74, 6) is -0.399. The summed E-state index contributed by atoms with van der Waals surface area (Å²) >= 11 is 0. The molecule has 2 rings (SSSR count). The average molecular weight is 262 g/mol. The fourth-order valence-corrected chi connectivity index (χ4v) is 2.14. The lowest BCUT2D eigenvalue weighted by Gasteiger charge is -2.12. The van der Waals surface area contributed by atoms with Crippen LogP contribution in [0.5, 0.6) is 0 Å². The summed E-state index contributed by atoms with van der Waals surface area (Å²) < 4.78 is 4.67. The zero-order valence-electron chi connectivity index (χ0n) is 11.1. The zero-order valence-corrected chi connectivity index (χ0v) is 11.1. The van der Waals surface area contributed by atoms with E-state index in [4.69, 9.17) is 0 Å². The van der Waals surface area contributed by atoms with Gasteiger partial charge in [-0.25, -0.2) is 0 Å². The summed E-state index contributed by atoms with van der Waals surface area (Å²) in [6, 6.07) is 7.03. The van der Waals surface area contributed by atoms with Crippen LogP contribution in [0.2, 0.25) is 0 Å². The Bertz CT molecular complexity index is 470. The van der Waals surface area contributed by atoms with E-state index in [-0.39, 0.29) is 24.0 Å². The molecule has 0 unspecified atom stereocenters. The number of aryl methyl sites for hydroxylation is 1. The van der Waals surface area contributed by atoms with Crippen LogP contribution in [0.1, 0.15) is 22.3 Å².